The van der Waals surface area contributed by atoms with E-state index in [-0.39, 0.29) is 30.7 Å². The maximum absolute atomic E-state index is 12.5. The van der Waals surface area contributed by atoms with Gasteiger partial charge < -0.3 is 5.32 Å². The van der Waals surface area contributed by atoms with Crippen molar-refractivity contribution in [3.8, 4) is 0 Å². The van der Waals surface area contributed by atoms with Crippen molar-refractivity contribution in [1.29, 1.82) is 0 Å². The molecular weight excluding hydrogens is 342 g/mol. The van der Waals surface area contributed by atoms with Crippen molar-refractivity contribution in [3.63, 3.8) is 0 Å². The number of carbonyl (C=O) groups excluding carboxylic acids is 1. The van der Waals surface area contributed by atoms with Crippen LogP contribution in [0.3, 0.4) is 0 Å². The first-order chi connectivity index (χ1) is 12.0. The Morgan fingerprint density at radius 1 is 1.36 bits per heavy atom. The van der Waals surface area contributed by atoms with E-state index in [4.69, 9.17) is 0 Å². The normalized spacial score (nSPS) is 19.2. The zero-order valence-electron chi connectivity index (χ0n) is 14.3. The van der Waals surface area contributed by atoms with Gasteiger partial charge in [-0.15, -0.1) is 10.2 Å². The molecule has 2 aromatic rings. The van der Waals surface area contributed by atoms with Crippen molar-refractivity contribution in [2.45, 2.75) is 32.7 Å². The summed E-state index contributed by atoms with van der Waals surface area (Å²) >= 11 is 0. The second kappa shape index (κ2) is 7.49. The Hall–Kier alpha value is -2.00. The van der Waals surface area contributed by atoms with E-state index in [0.717, 1.165) is 5.65 Å². The number of amides is 1. The Balaban J connectivity index is 1.61. The first-order valence-electron chi connectivity index (χ1n) is 8.55. The van der Waals surface area contributed by atoms with Crippen LogP contribution in [-0.4, -0.2) is 52.1 Å². The van der Waals surface area contributed by atoms with Crippen molar-refractivity contribution in [2.75, 3.05) is 18.8 Å². The summed E-state index contributed by atoms with van der Waals surface area (Å²) in [4.78, 5) is 12.5. The summed E-state index contributed by atoms with van der Waals surface area (Å²) in [6.45, 7) is 2.87. The first-order valence-corrected chi connectivity index (χ1v) is 10.2. The van der Waals surface area contributed by atoms with Crippen LogP contribution >= 0.6 is 0 Å². The Morgan fingerprint density at radius 2 is 2.20 bits per heavy atom. The van der Waals surface area contributed by atoms with Crippen molar-refractivity contribution in [2.24, 2.45) is 5.92 Å². The van der Waals surface area contributed by atoms with Gasteiger partial charge in [0.1, 0.15) is 0 Å². The Morgan fingerprint density at radius 3 is 3.00 bits per heavy atom. The largest absolute Gasteiger partial charge is 0.349 e. The molecule has 3 rings (SSSR count). The van der Waals surface area contributed by atoms with Gasteiger partial charge in [0.05, 0.1) is 18.2 Å². The van der Waals surface area contributed by atoms with E-state index in [0.29, 0.717) is 31.6 Å². The highest BCUT2D eigenvalue weighted by Gasteiger charge is 2.31. The van der Waals surface area contributed by atoms with E-state index in [9.17, 15) is 13.2 Å². The molecule has 1 aliphatic rings. The van der Waals surface area contributed by atoms with Gasteiger partial charge in [-0.3, -0.25) is 9.20 Å². The summed E-state index contributed by atoms with van der Waals surface area (Å²) in [7, 11) is -3.26. The number of rotatable bonds is 6. The van der Waals surface area contributed by atoms with Gasteiger partial charge in [0.2, 0.25) is 15.9 Å². The van der Waals surface area contributed by atoms with E-state index in [2.05, 4.69) is 15.5 Å². The van der Waals surface area contributed by atoms with Crippen LogP contribution in [0.4, 0.5) is 0 Å². The van der Waals surface area contributed by atoms with Gasteiger partial charge >= 0.3 is 0 Å². The van der Waals surface area contributed by atoms with Crippen molar-refractivity contribution >= 4 is 21.6 Å². The predicted octanol–water partition coefficient (Wildman–Crippen LogP) is 0.797. The third kappa shape index (κ3) is 3.98. The molecule has 1 atom stereocenters. The van der Waals surface area contributed by atoms with E-state index in [1.807, 2.05) is 35.7 Å². The average molecular weight is 365 g/mol. The molecule has 0 radical (unpaired) electrons. The number of nitrogens with one attached hydrogen (secondary N) is 1. The standard InChI is InChI=1S/C16H23N5O3S/c1-2-10-25(23,24)20-8-5-6-13(12-20)16(22)17-11-15-19-18-14-7-3-4-9-21(14)15/h3-4,7,9,13H,2,5-6,8,10-12H2,1H3,(H,17,22). The Bertz CT molecular complexity index is 848. The van der Waals surface area contributed by atoms with E-state index >= 15 is 0 Å². The number of carbonyl (C=O) groups is 1. The molecule has 2 aromatic heterocycles. The highest BCUT2D eigenvalue weighted by molar-refractivity contribution is 7.89. The van der Waals surface area contributed by atoms with Crippen LogP contribution in [0.15, 0.2) is 24.4 Å². The van der Waals surface area contributed by atoms with Gasteiger partial charge in [-0.1, -0.05) is 13.0 Å². The highest BCUT2D eigenvalue weighted by Crippen LogP contribution is 2.20. The van der Waals surface area contributed by atoms with Crippen LogP contribution in [0.1, 0.15) is 32.0 Å². The molecule has 1 N–H and O–H groups in total. The molecule has 9 heteroatoms. The molecular formula is C16H23N5O3S. The van der Waals surface area contributed by atoms with Crippen LogP contribution in [0.25, 0.3) is 5.65 Å². The number of piperidine rings is 1. The Kier molecular flexibility index (Phi) is 5.33. The lowest BCUT2D eigenvalue weighted by molar-refractivity contribution is -0.126. The summed E-state index contributed by atoms with van der Waals surface area (Å²) in [6, 6.07) is 5.59. The van der Waals surface area contributed by atoms with Crippen LogP contribution < -0.4 is 5.32 Å². The predicted molar refractivity (Wildman–Crippen MR) is 93.2 cm³/mol. The summed E-state index contributed by atoms with van der Waals surface area (Å²) in [5.41, 5.74) is 0.723. The number of hydrogen-bond acceptors (Lipinski definition) is 5. The summed E-state index contributed by atoms with van der Waals surface area (Å²) < 4.78 is 27.7. The molecule has 0 bridgehead atoms. The minimum Gasteiger partial charge on any atom is -0.349 e. The van der Waals surface area contributed by atoms with Gasteiger partial charge in [-0.05, 0) is 31.4 Å². The summed E-state index contributed by atoms with van der Waals surface area (Å²) in [6.07, 6.45) is 3.82. The monoisotopic (exact) mass is 365 g/mol. The minimum atomic E-state index is -3.26. The summed E-state index contributed by atoms with van der Waals surface area (Å²) in [5.74, 6) is 0.325. The molecule has 136 valence electrons. The molecule has 1 aliphatic heterocycles. The number of fused-ring (bicyclic) bond motifs is 1. The molecule has 1 unspecified atom stereocenters. The summed E-state index contributed by atoms with van der Waals surface area (Å²) in [5, 5.41) is 11.0. The third-order valence-electron chi connectivity index (χ3n) is 4.42. The molecule has 25 heavy (non-hydrogen) atoms. The zero-order chi connectivity index (χ0) is 17.9. The maximum Gasteiger partial charge on any atom is 0.224 e. The number of nitrogens with zero attached hydrogens (tertiary/aromatic N) is 4. The van der Waals surface area contributed by atoms with Gasteiger partial charge in [-0.2, -0.15) is 0 Å². The number of sulfonamides is 1. The molecule has 1 fully saturated rings. The Labute approximate surface area is 147 Å². The van der Waals surface area contributed by atoms with Crippen LogP contribution in [0.2, 0.25) is 0 Å². The van der Waals surface area contributed by atoms with Gasteiger partial charge in [0.25, 0.3) is 0 Å². The second-order valence-electron chi connectivity index (χ2n) is 6.28. The smallest absolute Gasteiger partial charge is 0.224 e. The SMILES string of the molecule is CCCS(=O)(=O)N1CCCC(C(=O)NCc2nnc3ccccn23)C1. The topological polar surface area (TPSA) is 96.7 Å². The molecule has 8 nitrogen and oxygen atoms in total. The van der Waals surface area contributed by atoms with Crippen LogP contribution in [0, 0.1) is 5.92 Å². The van der Waals surface area contributed by atoms with Gasteiger partial charge in [0.15, 0.2) is 11.5 Å². The van der Waals surface area contributed by atoms with Crippen LogP contribution in [0.5, 0.6) is 0 Å². The van der Waals surface area contributed by atoms with Crippen molar-refractivity contribution in [3.05, 3.63) is 30.2 Å². The lowest BCUT2D eigenvalue weighted by atomic mass is 9.99. The van der Waals surface area contributed by atoms with Crippen molar-refractivity contribution in [1.82, 2.24) is 24.2 Å². The van der Waals surface area contributed by atoms with E-state index < -0.39 is 10.0 Å². The molecule has 0 aromatic carbocycles. The fourth-order valence-electron chi connectivity index (χ4n) is 3.12. The molecule has 0 aliphatic carbocycles. The second-order valence-corrected chi connectivity index (χ2v) is 8.36. The van der Waals surface area contributed by atoms with E-state index in [1.54, 1.807) is 0 Å². The fourth-order valence-corrected chi connectivity index (χ4v) is 4.71. The molecule has 1 amide bonds. The molecule has 1 saturated heterocycles. The zero-order valence-corrected chi connectivity index (χ0v) is 15.1. The van der Waals surface area contributed by atoms with E-state index in [1.165, 1.54) is 4.31 Å². The average Bonchev–Trinajstić information content (AvgIpc) is 3.03. The number of pyridine rings is 1. The quantitative estimate of drug-likeness (QED) is 0.817. The van der Waals surface area contributed by atoms with Crippen molar-refractivity contribution < 1.29 is 13.2 Å². The molecule has 0 saturated carbocycles. The lowest BCUT2D eigenvalue weighted by Gasteiger charge is -2.31. The fraction of sp³-hybridized carbons (Fsp3) is 0.562. The minimum absolute atomic E-state index is 0.132. The van der Waals surface area contributed by atoms with Gasteiger partial charge in [0, 0.05) is 19.3 Å². The first kappa shape index (κ1) is 17.8. The maximum atomic E-state index is 12.5. The van der Waals surface area contributed by atoms with Crippen LogP contribution in [-0.2, 0) is 21.4 Å². The third-order valence-corrected chi connectivity index (χ3v) is 6.46. The molecule has 3 heterocycles. The van der Waals surface area contributed by atoms with Gasteiger partial charge in [-0.25, -0.2) is 12.7 Å². The number of aromatic nitrogens is 3. The number of hydrogen-bond donors (Lipinski definition) is 1. The highest BCUT2D eigenvalue weighted by atomic mass is 32.2. The lowest BCUT2D eigenvalue weighted by Crippen LogP contribution is -2.46. The molecule has 0 spiro atoms.